The molecule has 1 aliphatic heterocycles. The quantitative estimate of drug-likeness (QED) is 0.130. The maximum atomic E-state index is 15.4. The van der Waals surface area contributed by atoms with Crippen molar-refractivity contribution in [3.05, 3.63) is 105 Å². The fourth-order valence-corrected chi connectivity index (χ4v) is 10.6. The van der Waals surface area contributed by atoms with Gasteiger partial charge in [0, 0.05) is 37.7 Å². The van der Waals surface area contributed by atoms with Gasteiger partial charge in [0.2, 0.25) is 0 Å². The first-order chi connectivity index (χ1) is 28.8. The van der Waals surface area contributed by atoms with Gasteiger partial charge in [-0.15, -0.1) is 11.3 Å². The molecule has 1 saturated heterocycles. The lowest BCUT2D eigenvalue weighted by molar-refractivity contribution is -0.346. The van der Waals surface area contributed by atoms with Crippen molar-refractivity contribution in [2.45, 2.75) is 108 Å². The molecule has 2 bridgehead atoms. The van der Waals surface area contributed by atoms with Gasteiger partial charge in [0.25, 0.3) is 5.91 Å². The van der Waals surface area contributed by atoms with Crippen LogP contribution in [-0.2, 0) is 42.9 Å². The topological polar surface area (TPSA) is 221 Å². The van der Waals surface area contributed by atoms with E-state index in [0.717, 1.165) is 25.2 Å². The average Bonchev–Trinajstić information content (AvgIpc) is 3.77. The number of ether oxygens (including phenoxy) is 5. The summed E-state index contributed by atoms with van der Waals surface area (Å²) in [6.07, 6.45) is -10.4. The Kier molecular flexibility index (Phi) is 11.6. The highest BCUT2D eigenvalue weighted by Gasteiger charge is 2.78. The van der Waals surface area contributed by atoms with E-state index in [1.807, 2.05) is 0 Å². The lowest BCUT2D eigenvalue weighted by Crippen LogP contribution is -2.82. The molecule has 0 spiro atoms. The number of rotatable bonds is 10. The minimum absolute atomic E-state index is 0.00305. The van der Waals surface area contributed by atoms with E-state index in [1.54, 1.807) is 86.0 Å². The zero-order chi connectivity index (χ0) is 44.2. The van der Waals surface area contributed by atoms with Crippen molar-refractivity contribution in [3.8, 4) is 0 Å². The van der Waals surface area contributed by atoms with Gasteiger partial charge in [0.15, 0.2) is 23.6 Å². The fourth-order valence-electron chi connectivity index (χ4n) is 9.99. The third-order valence-corrected chi connectivity index (χ3v) is 14.0. The van der Waals surface area contributed by atoms with Gasteiger partial charge in [0.05, 0.1) is 30.1 Å². The van der Waals surface area contributed by atoms with E-state index >= 15 is 4.79 Å². The van der Waals surface area contributed by atoms with Gasteiger partial charge < -0.3 is 44.3 Å². The predicted octanol–water partition coefficient (Wildman–Crippen LogP) is 3.80. The Bertz CT molecular complexity index is 2240. The Morgan fingerprint density at radius 1 is 0.902 bits per heavy atom. The minimum atomic E-state index is -2.37. The van der Waals surface area contributed by atoms with Crippen molar-refractivity contribution in [2.75, 3.05) is 6.61 Å². The van der Waals surface area contributed by atoms with Crippen LogP contribution in [0.1, 0.15) is 86.0 Å². The maximum absolute atomic E-state index is 15.4. The summed E-state index contributed by atoms with van der Waals surface area (Å²) in [4.78, 5) is 83.3. The Morgan fingerprint density at radius 2 is 1.56 bits per heavy atom. The SMILES string of the molecule is CC(=O)OC1C(=O)[C@@]2(C)[C@H]([C@H](OC(=O)c3cccs3)[C@]3(O)C[C@H](OC(=O)[C@H](O)[C@@H](NC(=O)c4ccccc4)c4ccccc4)C(C)=C1C3(C)C)[C@]1(OC(C)=O)CO[C@@H]1C[C@@H]2O. The molecule has 0 radical (unpaired) electrons. The number of hydrogen-bond donors (Lipinski definition) is 4. The normalized spacial score (nSPS) is 32.2. The molecule has 3 aromatic rings. The first-order valence-corrected chi connectivity index (χ1v) is 20.8. The number of nitrogens with one attached hydrogen (secondary N) is 1. The molecule has 4 N–H and O–H groups in total. The fraction of sp³-hybridized carbons (Fsp3) is 0.467. The number of hydrogen-bond acceptors (Lipinski definition) is 15. The molecule has 1 unspecified atom stereocenters. The van der Waals surface area contributed by atoms with Gasteiger partial charge in [-0.25, -0.2) is 9.59 Å². The highest BCUT2D eigenvalue weighted by Crippen LogP contribution is 2.64. The Morgan fingerprint density at radius 3 is 2.13 bits per heavy atom. The molecule has 1 amide bonds. The number of amides is 1. The summed E-state index contributed by atoms with van der Waals surface area (Å²) >= 11 is 1.05. The second-order valence-electron chi connectivity index (χ2n) is 17.0. The van der Waals surface area contributed by atoms with Crippen molar-refractivity contribution >= 4 is 46.9 Å². The van der Waals surface area contributed by atoms with E-state index in [4.69, 9.17) is 23.7 Å². The van der Waals surface area contributed by atoms with Gasteiger partial charge in [0.1, 0.15) is 28.8 Å². The third-order valence-electron chi connectivity index (χ3n) is 13.2. The first kappa shape index (κ1) is 43.8. The van der Waals surface area contributed by atoms with Crippen LogP contribution in [-0.4, -0.2) is 105 Å². The van der Waals surface area contributed by atoms with E-state index in [0.29, 0.717) is 5.56 Å². The molecule has 1 aromatic heterocycles. The number of fused-ring (bicyclic) bond motifs is 5. The molecule has 2 heterocycles. The number of carbonyl (C=O) groups excluding carboxylic acids is 6. The van der Waals surface area contributed by atoms with Crippen LogP contribution in [0.4, 0.5) is 0 Å². The summed E-state index contributed by atoms with van der Waals surface area (Å²) < 4.78 is 30.2. The van der Waals surface area contributed by atoms with Gasteiger partial charge >= 0.3 is 23.9 Å². The first-order valence-electron chi connectivity index (χ1n) is 20.0. The molecule has 11 atom stereocenters. The summed E-state index contributed by atoms with van der Waals surface area (Å²) in [5.41, 5.74) is -7.02. The van der Waals surface area contributed by atoms with Crippen LogP contribution in [0, 0.1) is 16.7 Å². The molecule has 324 valence electrons. The Balaban J connectivity index is 1.38. The van der Waals surface area contributed by atoms with E-state index in [-0.39, 0.29) is 34.6 Å². The van der Waals surface area contributed by atoms with Gasteiger partial charge in [-0.05, 0) is 54.1 Å². The predicted molar refractivity (Wildman–Crippen MR) is 216 cm³/mol. The Hall–Kier alpha value is -5.26. The molecule has 3 aliphatic carbocycles. The minimum Gasteiger partial charge on any atom is -0.456 e. The summed E-state index contributed by atoms with van der Waals surface area (Å²) in [6, 6.07) is 18.2. The molecule has 16 heteroatoms. The van der Waals surface area contributed by atoms with Crippen LogP contribution in [0.5, 0.6) is 0 Å². The number of benzene rings is 2. The molecule has 7 rings (SSSR count). The van der Waals surface area contributed by atoms with Crippen molar-refractivity contribution in [2.24, 2.45) is 16.7 Å². The van der Waals surface area contributed by atoms with E-state index < -0.39 is 113 Å². The number of aliphatic hydroxyl groups excluding tert-OH is 2. The number of Topliss-reactive ketones (excluding diaryl/α,β-unsaturated/α-hetero) is 1. The number of esters is 4. The summed E-state index contributed by atoms with van der Waals surface area (Å²) in [7, 11) is 0. The van der Waals surface area contributed by atoms with E-state index in [2.05, 4.69) is 5.32 Å². The largest absolute Gasteiger partial charge is 0.456 e. The number of ketones is 1. The standard InChI is InChI=1S/C45H49NO14S/c1-23-28(58-41(54)34(50)33(26-14-9-7-10-15-26)46-39(52)27-16-11-8-12-17-27)21-45(55)38(59-40(53)29-18-13-19-61-29)36-43(6,30(49)20-31-44(36,22-56-31)60-25(3)48)37(51)35(57-24(2)47)32(23)42(45,4)5/h7-19,28,30-31,33-36,38,49-50,55H,20-22H2,1-6H3,(H,46,52)/t28-,30-,31+,33-,34+,35?,36-,38-,43+,44-,45+/m0/s1. The van der Waals surface area contributed by atoms with Crippen molar-refractivity contribution in [1.29, 1.82) is 0 Å². The molecule has 61 heavy (non-hydrogen) atoms. The number of thiophene rings is 1. The molecular weight excluding hydrogens is 811 g/mol. The lowest BCUT2D eigenvalue weighted by atomic mass is 9.44. The lowest BCUT2D eigenvalue weighted by Gasteiger charge is -2.67. The second kappa shape index (κ2) is 16.2. The zero-order valence-electron chi connectivity index (χ0n) is 34.5. The Labute approximate surface area is 356 Å². The van der Waals surface area contributed by atoms with Gasteiger partial charge in [-0.3, -0.25) is 19.2 Å². The highest BCUT2D eigenvalue weighted by molar-refractivity contribution is 7.11. The maximum Gasteiger partial charge on any atom is 0.348 e. The van der Waals surface area contributed by atoms with Crippen molar-refractivity contribution in [1.82, 2.24) is 5.32 Å². The summed E-state index contributed by atoms with van der Waals surface area (Å²) in [6.45, 7) is 7.99. The average molecular weight is 860 g/mol. The molecule has 3 fully saturated rings. The number of carbonyl (C=O) groups is 6. The monoisotopic (exact) mass is 859 g/mol. The van der Waals surface area contributed by atoms with Crippen LogP contribution in [0.25, 0.3) is 0 Å². The zero-order valence-corrected chi connectivity index (χ0v) is 35.3. The third kappa shape index (κ3) is 7.27. The number of aliphatic hydroxyl groups is 3. The van der Waals surface area contributed by atoms with Gasteiger partial charge in [-0.2, -0.15) is 0 Å². The molecule has 2 aromatic carbocycles. The molecule has 15 nitrogen and oxygen atoms in total. The van der Waals surface area contributed by atoms with Crippen LogP contribution < -0.4 is 5.32 Å². The summed E-state index contributed by atoms with van der Waals surface area (Å²) in [5.74, 6) is -6.77. The summed E-state index contributed by atoms with van der Waals surface area (Å²) in [5, 5.41) is 41.8. The van der Waals surface area contributed by atoms with Crippen molar-refractivity contribution < 1.29 is 67.8 Å². The smallest absolute Gasteiger partial charge is 0.348 e. The van der Waals surface area contributed by atoms with E-state index in [9.17, 15) is 39.3 Å². The van der Waals surface area contributed by atoms with Gasteiger partial charge in [-0.1, -0.05) is 68.4 Å². The molecule has 2 saturated carbocycles. The van der Waals surface area contributed by atoms with Crippen LogP contribution in [0.2, 0.25) is 0 Å². The highest BCUT2D eigenvalue weighted by atomic mass is 32.1. The van der Waals surface area contributed by atoms with E-state index in [1.165, 1.54) is 19.9 Å². The van der Waals surface area contributed by atoms with Crippen molar-refractivity contribution in [3.63, 3.8) is 0 Å². The van der Waals surface area contributed by atoms with Crippen LogP contribution in [0.15, 0.2) is 89.3 Å². The molecular formula is C45H49NO14S. The van der Waals surface area contributed by atoms with Crippen LogP contribution in [0.3, 0.4) is 0 Å². The molecule has 4 aliphatic rings. The van der Waals surface area contributed by atoms with Crippen LogP contribution >= 0.6 is 11.3 Å². The second-order valence-corrected chi connectivity index (χ2v) is 17.9.